The average Bonchev–Trinajstić information content (AvgIpc) is 0.967. The lowest BCUT2D eigenvalue weighted by atomic mass is 9.43. The second kappa shape index (κ2) is 39.7. The molecule has 0 bridgehead atoms. The van der Waals surface area contributed by atoms with E-state index < -0.39 is 70.5 Å². The van der Waals surface area contributed by atoms with Crippen molar-refractivity contribution in [3.63, 3.8) is 0 Å². The molecule has 4 fully saturated rings. The Balaban J connectivity index is 0.000000252. The average molecular weight is 1750 g/mol. The Labute approximate surface area is 704 Å². The summed E-state index contributed by atoms with van der Waals surface area (Å²) in [6.07, 6.45) is 12.4. The predicted molar refractivity (Wildman–Crippen MR) is 457 cm³/mol. The Morgan fingerprint density at radius 1 is 0.492 bits per heavy atom. The van der Waals surface area contributed by atoms with Gasteiger partial charge in [-0.3, -0.25) is 24.0 Å². The van der Waals surface area contributed by atoms with E-state index in [0.717, 1.165) is 99.7 Å². The van der Waals surface area contributed by atoms with Crippen LogP contribution in [0.25, 0.3) is 6.08 Å². The Morgan fingerprint density at radius 2 is 0.847 bits per heavy atom. The molecular formula is C84H77N6O20PS7. The van der Waals surface area contributed by atoms with E-state index in [0.29, 0.717) is 38.8 Å². The van der Waals surface area contributed by atoms with E-state index in [-0.39, 0.29) is 108 Å². The molecule has 4 heterocycles. The number of carboxylic acid groups (broad SMARTS) is 2. The highest BCUT2D eigenvalue weighted by molar-refractivity contribution is 8.57. The van der Waals surface area contributed by atoms with Gasteiger partial charge in [0.05, 0.1) is 33.2 Å². The highest BCUT2D eigenvalue weighted by Crippen LogP contribution is 2.64. The number of rotatable bonds is 25. The van der Waals surface area contributed by atoms with Crippen LogP contribution in [-0.4, -0.2) is 114 Å². The number of anilines is 3. The van der Waals surface area contributed by atoms with E-state index in [1.165, 1.54) is 145 Å². The predicted octanol–water partition coefficient (Wildman–Crippen LogP) is 14.9. The summed E-state index contributed by atoms with van der Waals surface area (Å²) in [6.45, 7) is 0. The molecule has 5 amide bonds. The summed E-state index contributed by atoms with van der Waals surface area (Å²) >= 11 is 8.01. The lowest BCUT2D eigenvalue weighted by Crippen LogP contribution is -2.86. The van der Waals surface area contributed by atoms with Crippen LogP contribution in [0.4, 0.5) is 17.1 Å². The van der Waals surface area contributed by atoms with Gasteiger partial charge in [0.15, 0.2) is 51.3 Å². The van der Waals surface area contributed by atoms with Crippen LogP contribution in [0.3, 0.4) is 0 Å². The van der Waals surface area contributed by atoms with Crippen molar-refractivity contribution < 1.29 is 96.1 Å². The Morgan fingerprint density at radius 3 is 1.17 bits per heavy atom. The fourth-order valence-electron chi connectivity index (χ4n) is 14.9. The number of nitrogens with zero attached hydrogens (tertiary/aromatic N) is 1. The molecular weight excluding hydrogens is 1670 g/mol. The van der Waals surface area contributed by atoms with E-state index in [9.17, 15) is 63.0 Å². The molecule has 6 aromatic carbocycles. The number of benzene rings is 6. The topological polar surface area (TPSA) is 365 Å². The summed E-state index contributed by atoms with van der Waals surface area (Å²) in [7, 11) is 11.4. The minimum atomic E-state index is -2.70. The number of aliphatic carboxylic acids is 2. The molecule has 0 radical (unpaired) electrons. The van der Waals surface area contributed by atoms with Gasteiger partial charge < -0.3 is 70.0 Å². The van der Waals surface area contributed by atoms with Crippen LogP contribution in [0.2, 0.25) is 0 Å². The number of aliphatic imine (C=N–C) groups is 1. The van der Waals surface area contributed by atoms with Crippen LogP contribution in [0, 0.1) is 17.8 Å². The molecule has 118 heavy (non-hydrogen) atoms. The molecule has 5 aliphatic rings. The fourth-order valence-corrected chi connectivity index (χ4v) is 20.1. The van der Waals surface area contributed by atoms with Crippen molar-refractivity contribution in [1.29, 1.82) is 0 Å². The molecule has 0 unspecified atom stereocenters. The minimum absolute atomic E-state index is 0.0443. The summed E-state index contributed by atoms with van der Waals surface area (Å²) in [4.78, 5) is 154. The number of hydrogen-bond donors (Lipinski definition) is 7. The second-order valence-corrected chi connectivity index (χ2v) is 36.2. The molecule has 0 spiro atoms. The summed E-state index contributed by atoms with van der Waals surface area (Å²) in [5, 5.41) is 42.9. The zero-order chi connectivity index (χ0) is 83.6. The monoisotopic (exact) mass is 1740 g/mol. The fraction of sp³-hybridized carbons (Fsp3) is 0.262. The van der Waals surface area contributed by atoms with Gasteiger partial charge in [0, 0.05) is 51.5 Å². The van der Waals surface area contributed by atoms with Gasteiger partial charge in [0.2, 0.25) is 23.6 Å². The van der Waals surface area contributed by atoms with Crippen LogP contribution in [0.1, 0.15) is 161 Å². The van der Waals surface area contributed by atoms with Gasteiger partial charge in [-0.1, -0.05) is 84.4 Å². The first kappa shape index (κ1) is 85.9. The van der Waals surface area contributed by atoms with E-state index in [2.05, 4.69) is 50.8 Å². The van der Waals surface area contributed by atoms with Gasteiger partial charge in [-0.2, -0.15) is 0 Å². The summed E-state index contributed by atoms with van der Waals surface area (Å²) in [5.74, 6) is -12.1. The van der Waals surface area contributed by atoms with Gasteiger partial charge >= 0.3 is 35.8 Å². The molecule has 9 aromatic rings. The van der Waals surface area contributed by atoms with E-state index in [4.69, 9.17) is 33.2 Å². The van der Waals surface area contributed by atoms with Crippen LogP contribution >= 0.6 is 42.0 Å². The standard InChI is InChI=1S/C56H52N4O14S2.C28H24N2O6S.HPS4/c1-71-41-29-35(19-25-39(41)73-51(65)43-13-7-27-75-43)45-55(53(67)68,59-49(63)33-15-21-37(22-16-33)57-47(61)31-9-3-4-10-31)46(36-20-26-40(42(30-36)72-2)74-52(66)44-14-8-28-76-44)56(45,54(69)70)60-50(64)34-17-23-38(24-18-34)58-48(62)32-11-5-6-12-32;1-34-23-16-17(8-13-22(23)35-28(33)24-7-4-14-37-24)15-21-27(32)36-26(30-21)19-9-11-20(12-10-19)29-25(31)18-5-2-3-6-18;1-3-5-4-2/h7-8,13-32,45-46H,3-6,9-12H2,1-2H3,(H,57,61)(H,58,62)(H,59,63)(H,60,64)(H,67,68)(H,69,70);4,7-16,18H,2-3,5-6H2,1H3,(H,29,31);1H/b;21-15+;. The zero-order valence-corrected chi connectivity index (χ0v) is 70.0. The van der Waals surface area contributed by atoms with Crippen LogP contribution in [0.15, 0.2) is 191 Å². The molecule has 7 N–H and O–H groups in total. The summed E-state index contributed by atoms with van der Waals surface area (Å²) in [5.41, 5.74) is -2.93. The van der Waals surface area contributed by atoms with Crippen molar-refractivity contribution in [2.75, 3.05) is 37.3 Å². The lowest BCUT2D eigenvalue weighted by molar-refractivity contribution is -0.171. The normalized spacial score (nSPS) is 18.3. The highest BCUT2D eigenvalue weighted by atomic mass is 33.2. The smallest absolute Gasteiger partial charge is 0.363 e. The number of hydrogen-bond acceptors (Lipinski definition) is 23. The Bertz CT molecular complexity index is 5240. The van der Waals surface area contributed by atoms with Gasteiger partial charge in [-0.25, -0.2) is 33.8 Å². The van der Waals surface area contributed by atoms with Crippen molar-refractivity contribution in [3.05, 3.63) is 234 Å². The van der Waals surface area contributed by atoms with Crippen LogP contribution in [-0.2, 0) is 72.0 Å². The maximum atomic E-state index is 14.8. The van der Waals surface area contributed by atoms with Crippen molar-refractivity contribution >= 4 is 175 Å². The van der Waals surface area contributed by atoms with Crippen molar-refractivity contribution in [2.24, 2.45) is 22.7 Å². The van der Waals surface area contributed by atoms with Gasteiger partial charge in [-0.15, -0.1) is 34.0 Å². The summed E-state index contributed by atoms with van der Waals surface area (Å²) < 4.78 is 38.9. The second-order valence-electron chi connectivity index (χ2n) is 27.7. The number of thiophene rings is 3. The van der Waals surface area contributed by atoms with E-state index >= 15 is 0 Å². The minimum Gasteiger partial charge on any atom is -0.493 e. The van der Waals surface area contributed by atoms with Crippen molar-refractivity contribution in [1.82, 2.24) is 10.6 Å². The van der Waals surface area contributed by atoms with Crippen LogP contribution < -0.4 is 55.0 Å². The first-order chi connectivity index (χ1) is 57.1. The molecule has 0 atom stereocenters. The molecule has 3 aromatic heterocycles. The Hall–Kier alpha value is -11.4. The first-order valence-corrected chi connectivity index (χ1v) is 45.3. The SMILES string of the molecule is COc1cc(/C=C2/N=C(c3ccc(NC(=O)C4CCCC4)cc3)OC2=O)ccc1OC(=O)c1cccs1.COc1cc(C2C(NC(=O)c3ccc(NC(=O)C4CCCC4)cc3)(C(=O)O)C(c3ccc(OC(=O)c4cccs4)c(OC)c3)C2(NC(=O)c2ccc(NC(=O)C3CCCC3)cc2)C(=O)O)ccc1OC(=O)c1cccs1.P=S=S=S=S. The molecule has 1 aliphatic heterocycles. The molecule has 14 rings (SSSR count). The number of carboxylic acids is 2. The van der Waals surface area contributed by atoms with E-state index in [1.54, 1.807) is 101 Å². The number of amides is 5. The molecule has 26 nitrogen and oxygen atoms in total. The first-order valence-electron chi connectivity index (χ1n) is 37.1. The van der Waals surface area contributed by atoms with Gasteiger partial charge in [0.1, 0.15) is 14.6 Å². The third kappa shape index (κ3) is 19.9. The number of carbonyl (C=O) groups excluding carboxylic acids is 9. The molecule has 34 heteroatoms. The maximum absolute atomic E-state index is 14.8. The molecule has 610 valence electrons. The van der Waals surface area contributed by atoms with E-state index in [1.807, 2.05) is 0 Å². The number of ether oxygens (including phenoxy) is 7. The third-order valence-electron chi connectivity index (χ3n) is 20.6. The van der Waals surface area contributed by atoms with Gasteiger partial charge in [-0.05, 0) is 242 Å². The highest BCUT2D eigenvalue weighted by Gasteiger charge is 2.80. The maximum Gasteiger partial charge on any atom is 0.363 e. The van der Waals surface area contributed by atoms with Crippen molar-refractivity contribution in [2.45, 2.75) is 100.0 Å². The number of nitrogens with one attached hydrogen (secondary N) is 5. The number of cyclic esters (lactones) is 1. The quantitative estimate of drug-likeness (QED) is 0.0121. The molecule has 0 saturated heterocycles. The Kier molecular flexibility index (Phi) is 28.9. The molecule has 4 saturated carbocycles. The number of carbonyl (C=O) groups is 11. The van der Waals surface area contributed by atoms with Gasteiger partial charge in [0.25, 0.3) is 11.8 Å². The zero-order valence-electron chi connectivity index (χ0n) is 63.3. The summed E-state index contributed by atoms with van der Waals surface area (Å²) in [6, 6.07) is 41.0. The largest absolute Gasteiger partial charge is 0.493 e. The number of methoxy groups -OCH3 is 3. The third-order valence-corrected chi connectivity index (χ3v) is 28.1. The number of esters is 4. The van der Waals surface area contributed by atoms with Crippen LogP contribution in [0.5, 0.6) is 34.5 Å². The molecule has 4 aliphatic carbocycles. The van der Waals surface area contributed by atoms with Crippen molar-refractivity contribution in [3.8, 4) is 34.5 Å². The lowest BCUT2D eigenvalue weighted by Gasteiger charge is -2.64.